The minimum absolute atomic E-state index is 0.935. The van der Waals surface area contributed by atoms with Crippen LogP contribution in [0.25, 0.3) is 91.9 Å². The van der Waals surface area contributed by atoms with Crippen molar-refractivity contribution in [2.75, 3.05) is 0 Å². The van der Waals surface area contributed by atoms with Crippen molar-refractivity contribution in [3.05, 3.63) is 188 Å². The first-order valence-electron chi connectivity index (χ1n) is 17.9. The third kappa shape index (κ3) is 4.36. The Kier molecular flexibility index (Phi) is 6.52. The summed E-state index contributed by atoms with van der Waals surface area (Å²) in [5.41, 5.74) is 12.3. The van der Waals surface area contributed by atoms with Gasteiger partial charge < -0.3 is 9.13 Å². The highest BCUT2D eigenvalue weighted by molar-refractivity contribution is 7.27. The standard InChI is InChI=1S/C49H32N2S/c1-2-5-15-32(14-4-1)33-16-12-17-34(30-33)35-18-13-21-37(31-35)51-43-25-11-9-23-41(43)47-45(51)29-27-39-38-26-28-44-46(48(38)52-49(39)47)40-22-8-10-24-42(40)50(44)36-19-6-3-7-20-36/h1-14,16-31H,15H2. The van der Waals surface area contributed by atoms with E-state index in [1.54, 1.807) is 0 Å². The van der Waals surface area contributed by atoms with Crippen molar-refractivity contribution >= 4 is 80.7 Å². The van der Waals surface area contributed by atoms with Crippen molar-refractivity contribution in [1.29, 1.82) is 0 Å². The van der Waals surface area contributed by atoms with Gasteiger partial charge in [0, 0.05) is 53.1 Å². The van der Waals surface area contributed by atoms with Crippen molar-refractivity contribution in [3.8, 4) is 22.5 Å². The molecule has 1 aliphatic rings. The van der Waals surface area contributed by atoms with Crippen LogP contribution < -0.4 is 0 Å². The number of aromatic nitrogens is 2. The summed E-state index contributed by atoms with van der Waals surface area (Å²) in [5.74, 6) is 0. The predicted molar refractivity (Wildman–Crippen MR) is 224 cm³/mol. The van der Waals surface area contributed by atoms with Gasteiger partial charge in [-0.3, -0.25) is 0 Å². The zero-order valence-corrected chi connectivity index (χ0v) is 29.1. The van der Waals surface area contributed by atoms with Gasteiger partial charge >= 0.3 is 0 Å². The van der Waals surface area contributed by atoms with Gasteiger partial charge in [-0.2, -0.15) is 0 Å². The highest BCUT2D eigenvalue weighted by Gasteiger charge is 2.21. The van der Waals surface area contributed by atoms with Gasteiger partial charge in [-0.15, -0.1) is 11.3 Å². The van der Waals surface area contributed by atoms with Crippen LogP contribution in [0.2, 0.25) is 0 Å². The van der Waals surface area contributed by atoms with Crippen LogP contribution in [0.3, 0.4) is 0 Å². The van der Waals surface area contributed by atoms with E-state index in [-0.39, 0.29) is 0 Å². The maximum absolute atomic E-state index is 2.46. The van der Waals surface area contributed by atoms with Crippen LogP contribution in [-0.2, 0) is 0 Å². The second-order valence-electron chi connectivity index (χ2n) is 13.7. The van der Waals surface area contributed by atoms with Crippen molar-refractivity contribution in [2.24, 2.45) is 0 Å². The summed E-state index contributed by atoms with van der Waals surface area (Å²) in [7, 11) is 0. The lowest BCUT2D eigenvalue weighted by Crippen LogP contribution is -1.94. The van der Waals surface area contributed by atoms with E-state index in [0.29, 0.717) is 0 Å². The molecule has 244 valence electrons. The molecule has 0 saturated heterocycles. The first kappa shape index (κ1) is 29.3. The molecule has 0 bridgehead atoms. The van der Waals surface area contributed by atoms with Crippen LogP contribution in [0.1, 0.15) is 12.0 Å². The van der Waals surface area contributed by atoms with Gasteiger partial charge in [-0.1, -0.05) is 127 Å². The predicted octanol–water partition coefficient (Wildman–Crippen LogP) is 13.8. The Bertz CT molecular complexity index is 3140. The summed E-state index contributed by atoms with van der Waals surface area (Å²) in [6.45, 7) is 0. The number of rotatable bonds is 4. The Morgan fingerprint density at radius 1 is 0.404 bits per heavy atom. The molecule has 11 rings (SSSR count). The van der Waals surface area contributed by atoms with Gasteiger partial charge in [0.25, 0.3) is 0 Å². The summed E-state index contributed by atoms with van der Waals surface area (Å²) in [6.07, 6.45) is 11.8. The van der Waals surface area contributed by atoms with Crippen molar-refractivity contribution in [2.45, 2.75) is 6.42 Å². The molecule has 0 radical (unpaired) electrons. The Morgan fingerprint density at radius 3 is 1.69 bits per heavy atom. The van der Waals surface area contributed by atoms with Crippen LogP contribution in [0.15, 0.2) is 182 Å². The van der Waals surface area contributed by atoms with Gasteiger partial charge in [0.15, 0.2) is 0 Å². The molecule has 0 atom stereocenters. The minimum Gasteiger partial charge on any atom is -0.309 e. The summed E-state index contributed by atoms with van der Waals surface area (Å²) in [5, 5.41) is 7.86. The molecule has 52 heavy (non-hydrogen) atoms. The minimum atomic E-state index is 0.935. The third-order valence-corrected chi connectivity index (χ3v) is 12.0. The number of hydrogen-bond donors (Lipinski definition) is 0. The zero-order valence-electron chi connectivity index (χ0n) is 28.3. The second kappa shape index (κ2) is 11.6. The number of fused-ring (bicyclic) bond motifs is 11. The van der Waals surface area contributed by atoms with Crippen molar-refractivity contribution in [3.63, 3.8) is 0 Å². The van der Waals surface area contributed by atoms with E-state index < -0.39 is 0 Å². The molecule has 0 amide bonds. The van der Waals surface area contributed by atoms with E-state index in [1.165, 1.54) is 97.4 Å². The molecular weight excluding hydrogens is 649 g/mol. The fourth-order valence-corrected chi connectivity index (χ4v) is 9.86. The van der Waals surface area contributed by atoms with Crippen LogP contribution in [0.5, 0.6) is 0 Å². The maximum atomic E-state index is 2.46. The van der Waals surface area contributed by atoms with Crippen molar-refractivity contribution in [1.82, 2.24) is 9.13 Å². The molecule has 1 aliphatic carbocycles. The fraction of sp³-hybridized carbons (Fsp3) is 0.0204. The van der Waals surface area contributed by atoms with Crippen LogP contribution >= 0.6 is 11.3 Å². The average Bonchev–Trinajstić information content (AvgIpc) is 3.77. The van der Waals surface area contributed by atoms with E-state index in [4.69, 9.17) is 0 Å². The topological polar surface area (TPSA) is 9.86 Å². The molecule has 7 aromatic carbocycles. The SMILES string of the molecule is C1=CC=C(c2cccc(-c3cccc(-n4c5ccccc5c5c6sc7c(ccc8c7c7ccccc7n8-c7ccccc7)c6ccc54)c3)c2)CC=C1. The molecule has 2 nitrogen and oxygen atoms in total. The Morgan fingerprint density at radius 2 is 0.981 bits per heavy atom. The smallest absolute Gasteiger partial charge is 0.0555 e. The molecule has 0 aliphatic heterocycles. The lowest BCUT2D eigenvalue weighted by atomic mass is 9.97. The number of thiophene rings is 1. The van der Waals surface area contributed by atoms with Crippen LogP contribution in [0, 0.1) is 0 Å². The van der Waals surface area contributed by atoms with Gasteiger partial charge in [0.2, 0.25) is 0 Å². The first-order chi connectivity index (χ1) is 25.8. The third-order valence-electron chi connectivity index (χ3n) is 10.8. The number of allylic oxidation sites excluding steroid dienone is 6. The highest BCUT2D eigenvalue weighted by Crippen LogP contribution is 2.47. The molecule has 0 unspecified atom stereocenters. The van der Waals surface area contributed by atoms with Gasteiger partial charge in [-0.05, 0) is 83.3 Å². The molecule has 3 aromatic heterocycles. The summed E-state index contributed by atoms with van der Waals surface area (Å²) < 4.78 is 7.57. The lowest BCUT2D eigenvalue weighted by molar-refractivity contribution is 1.18. The monoisotopic (exact) mass is 680 g/mol. The van der Waals surface area contributed by atoms with E-state index in [1.807, 2.05) is 11.3 Å². The average molecular weight is 681 g/mol. The molecule has 0 saturated carbocycles. The summed E-state index contributed by atoms with van der Waals surface area (Å²) in [6, 6.07) is 55.9. The molecule has 3 heteroatoms. The van der Waals surface area contributed by atoms with Gasteiger partial charge in [0.1, 0.15) is 0 Å². The van der Waals surface area contributed by atoms with E-state index >= 15 is 0 Å². The van der Waals surface area contributed by atoms with Gasteiger partial charge in [-0.25, -0.2) is 0 Å². The second-order valence-corrected chi connectivity index (χ2v) is 14.7. The van der Waals surface area contributed by atoms with E-state index in [9.17, 15) is 0 Å². The Balaban J connectivity index is 1.14. The first-order valence-corrected chi connectivity index (χ1v) is 18.7. The van der Waals surface area contributed by atoms with Gasteiger partial charge in [0.05, 0.1) is 22.1 Å². The van der Waals surface area contributed by atoms with Crippen LogP contribution in [-0.4, -0.2) is 9.13 Å². The Labute approximate surface area is 305 Å². The summed E-state index contributed by atoms with van der Waals surface area (Å²) >= 11 is 1.94. The molecule has 0 fully saturated rings. The molecule has 10 aromatic rings. The quantitative estimate of drug-likeness (QED) is 0.175. The Hall–Kier alpha value is -6.42. The summed E-state index contributed by atoms with van der Waals surface area (Å²) in [4.78, 5) is 0. The number of nitrogens with zero attached hydrogens (tertiary/aromatic N) is 2. The molecule has 0 N–H and O–H groups in total. The lowest BCUT2D eigenvalue weighted by Gasteiger charge is -2.12. The van der Waals surface area contributed by atoms with E-state index in [2.05, 4.69) is 191 Å². The molecule has 3 heterocycles. The normalized spacial score (nSPS) is 13.3. The van der Waals surface area contributed by atoms with Crippen molar-refractivity contribution < 1.29 is 0 Å². The highest BCUT2D eigenvalue weighted by atomic mass is 32.1. The maximum Gasteiger partial charge on any atom is 0.0555 e. The fourth-order valence-electron chi connectivity index (χ4n) is 8.44. The van der Waals surface area contributed by atoms with Crippen LogP contribution in [0.4, 0.5) is 0 Å². The molecule has 0 spiro atoms. The molecular formula is C49H32N2S. The number of hydrogen-bond acceptors (Lipinski definition) is 1. The van der Waals surface area contributed by atoms with E-state index in [0.717, 1.165) is 6.42 Å². The number of benzene rings is 7. The zero-order chi connectivity index (χ0) is 34.2. The number of para-hydroxylation sites is 3. The largest absolute Gasteiger partial charge is 0.309 e.